The van der Waals surface area contributed by atoms with Gasteiger partial charge in [0, 0.05) is 0 Å². The third kappa shape index (κ3) is 2.61. The van der Waals surface area contributed by atoms with Crippen LogP contribution in [-0.4, -0.2) is 0 Å². The summed E-state index contributed by atoms with van der Waals surface area (Å²) in [4.78, 5) is 0. The molecule has 0 unspecified atom stereocenters. The Bertz CT molecular complexity index is 425. The number of hydrogen-bond donors (Lipinski definition) is 0. The van der Waals surface area contributed by atoms with Crippen molar-refractivity contribution in [2.24, 2.45) is 0 Å². The fourth-order valence-corrected chi connectivity index (χ4v) is 1.90. The number of benzene rings is 2. The number of para-hydroxylation sites is 2. The molecule has 3 heteroatoms. The van der Waals surface area contributed by atoms with Crippen molar-refractivity contribution in [2.75, 3.05) is 0 Å². The summed E-state index contributed by atoms with van der Waals surface area (Å²) in [5.41, 5.74) is 0. The lowest BCUT2D eigenvalue weighted by Gasteiger charge is -2.08. The van der Waals surface area contributed by atoms with Gasteiger partial charge in [0.2, 0.25) is 0 Å². The van der Waals surface area contributed by atoms with Crippen molar-refractivity contribution >= 4 is 31.9 Å². The van der Waals surface area contributed by atoms with Crippen LogP contribution in [0, 0.1) is 0 Å². The standard InChI is InChI=1S/C12H8Br2O/c13-9-5-1-3-7-11(9)15-12-8-4-2-6-10(12)14/h1-8H. The van der Waals surface area contributed by atoms with E-state index in [-0.39, 0.29) is 0 Å². The quantitative estimate of drug-likeness (QED) is 0.753. The first kappa shape index (κ1) is 10.7. The predicted octanol–water partition coefficient (Wildman–Crippen LogP) is 5.00. The summed E-state index contributed by atoms with van der Waals surface area (Å²) in [6.45, 7) is 0. The molecule has 0 spiro atoms. The van der Waals surface area contributed by atoms with Crippen molar-refractivity contribution < 1.29 is 4.74 Å². The molecule has 0 radical (unpaired) electrons. The molecule has 0 N–H and O–H groups in total. The maximum atomic E-state index is 5.75. The minimum absolute atomic E-state index is 0.810. The maximum absolute atomic E-state index is 5.75. The third-order valence-corrected chi connectivity index (χ3v) is 3.20. The lowest BCUT2D eigenvalue weighted by Crippen LogP contribution is -1.85. The second kappa shape index (κ2) is 4.81. The molecule has 76 valence electrons. The first-order valence-corrected chi connectivity index (χ1v) is 6.03. The molecule has 0 heterocycles. The van der Waals surface area contributed by atoms with Crippen LogP contribution in [0.1, 0.15) is 0 Å². The van der Waals surface area contributed by atoms with Gasteiger partial charge in [-0.15, -0.1) is 0 Å². The van der Waals surface area contributed by atoms with Gasteiger partial charge in [0.15, 0.2) is 0 Å². The second-order valence-corrected chi connectivity index (χ2v) is 4.67. The van der Waals surface area contributed by atoms with Gasteiger partial charge in [0.1, 0.15) is 11.5 Å². The molecule has 0 aromatic heterocycles. The molecule has 0 atom stereocenters. The van der Waals surface area contributed by atoms with Gasteiger partial charge in [-0.3, -0.25) is 0 Å². The van der Waals surface area contributed by atoms with Crippen molar-refractivity contribution in [2.45, 2.75) is 0 Å². The Morgan fingerprint density at radius 2 is 1.07 bits per heavy atom. The summed E-state index contributed by atoms with van der Waals surface area (Å²) >= 11 is 6.88. The molecule has 1 nitrogen and oxygen atoms in total. The van der Waals surface area contributed by atoms with Gasteiger partial charge >= 0.3 is 0 Å². The van der Waals surface area contributed by atoms with Gasteiger partial charge in [0.05, 0.1) is 8.95 Å². The summed E-state index contributed by atoms with van der Waals surface area (Å²) in [5.74, 6) is 1.62. The normalized spacial score (nSPS) is 10.0. The van der Waals surface area contributed by atoms with E-state index in [9.17, 15) is 0 Å². The van der Waals surface area contributed by atoms with Crippen LogP contribution in [0.2, 0.25) is 0 Å². The minimum Gasteiger partial charge on any atom is -0.455 e. The van der Waals surface area contributed by atoms with Gasteiger partial charge in [-0.25, -0.2) is 0 Å². The van der Waals surface area contributed by atoms with Crippen LogP contribution >= 0.6 is 31.9 Å². The van der Waals surface area contributed by atoms with Crippen molar-refractivity contribution in [3.63, 3.8) is 0 Å². The van der Waals surface area contributed by atoms with E-state index in [0.717, 1.165) is 20.4 Å². The van der Waals surface area contributed by atoms with E-state index in [1.54, 1.807) is 0 Å². The third-order valence-electron chi connectivity index (χ3n) is 1.89. The highest BCUT2D eigenvalue weighted by atomic mass is 79.9. The number of halogens is 2. The first-order chi connectivity index (χ1) is 7.27. The van der Waals surface area contributed by atoms with E-state index < -0.39 is 0 Å². The SMILES string of the molecule is Brc1ccccc1Oc1ccccc1Br. The Morgan fingerprint density at radius 1 is 0.667 bits per heavy atom. The van der Waals surface area contributed by atoms with Gasteiger partial charge in [-0.05, 0) is 56.1 Å². The number of hydrogen-bond acceptors (Lipinski definition) is 1. The van der Waals surface area contributed by atoms with Crippen molar-refractivity contribution in [1.29, 1.82) is 0 Å². The average molecular weight is 328 g/mol. The van der Waals surface area contributed by atoms with Gasteiger partial charge < -0.3 is 4.74 Å². The Morgan fingerprint density at radius 3 is 1.47 bits per heavy atom. The van der Waals surface area contributed by atoms with Crippen LogP contribution in [0.5, 0.6) is 11.5 Å². The van der Waals surface area contributed by atoms with Crippen LogP contribution in [0.4, 0.5) is 0 Å². The summed E-state index contributed by atoms with van der Waals surface area (Å²) in [7, 11) is 0. The lowest BCUT2D eigenvalue weighted by atomic mass is 10.3. The average Bonchev–Trinajstić information content (AvgIpc) is 2.24. The molecule has 0 aliphatic heterocycles. The topological polar surface area (TPSA) is 9.23 Å². The highest BCUT2D eigenvalue weighted by Gasteiger charge is 2.03. The van der Waals surface area contributed by atoms with Crippen LogP contribution < -0.4 is 4.74 Å². The van der Waals surface area contributed by atoms with Crippen LogP contribution in [-0.2, 0) is 0 Å². The zero-order chi connectivity index (χ0) is 10.7. The summed E-state index contributed by atoms with van der Waals surface area (Å²) in [5, 5.41) is 0. The molecule has 0 bridgehead atoms. The summed E-state index contributed by atoms with van der Waals surface area (Å²) in [6, 6.07) is 15.5. The van der Waals surface area contributed by atoms with E-state index >= 15 is 0 Å². The molecule has 0 saturated heterocycles. The number of ether oxygens (including phenoxy) is 1. The molecule has 15 heavy (non-hydrogen) atoms. The molecule has 0 aliphatic carbocycles. The van der Waals surface area contributed by atoms with Crippen molar-refractivity contribution in [3.8, 4) is 11.5 Å². The fourth-order valence-electron chi connectivity index (χ4n) is 1.17. The first-order valence-electron chi connectivity index (χ1n) is 4.44. The Labute approximate surface area is 105 Å². The molecule has 0 amide bonds. The predicted molar refractivity (Wildman–Crippen MR) is 68.4 cm³/mol. The maximum Gasteiger partial charge on any atom is 0.141 e. The minimum atomic E-state index is 0.810. The zero-order valence-electron chi connectivity index (χ0n) is 7.78. The van der Waals surface area contributed by atoms with Gasteiger partial charge in [-0.1, -0.05) is 24.3 Å². The molecule has 2 aromatic carbocycles. The second-order valence-electron chi connectivity index (χ2n) is 2.96. The lowest BCUT2D eigenvalue weighted by molar-refractivity contribution is 0.476. The molecule has 0 fully saturated rings. The Hall–Kier alpha value is -0.800. The summed E-state index contributed by atoms with van der Waals surface area (Å²) in [6.07, 6.45) is 0. The van der Waals surface area contributed by atoms with Crippen LogP contribution in [0.25, 0.3) is 0 Å². The van der Waals surface area contributed by atoms with Crippen molar-refractivity contribution in [1.82, 2.24) is 0 Å². The highest BCUT2D eigenvalue weighted by molar-refractivity contribution is 9.11. The fraction of sp³-hybridized carbons (Fsp3) is 0. The Balaban J connectivity index is 2.30. The monoisotopic (exact) mass is 326 g/mol. The van der Waals surface area contributed by atoms with E-state index in [2.05, 4.69) is 31.9 Å². The van der Waals surface area contributed by atoms with Crippen LogP contribution in [0.3, 0.4) is 0 Å². The van der Waals surface area contributed by atoms with Crippen LogP contribution in [0.15, 0.2) is 57.5 Å². The smallest absolute Gasteiger partial charge is 0.141 e. The van der Waals surface area contributed by atoms with Crippen molar-refractivity contribution in [3.05, 3.63) is 57.5 Å². The molecular weight excluding hydrogens is 320 g/mol. The largest absolute Gasteiger partial charge is 0.455 e. The van der Waals surface area contributed by atoms with E-state index in [1.165, 1.54) is 0 Å². The molecular formula is C12H8Br2O. The highest BCUT2D eigenvalue weighted by Crippen LogP contribution is 2.33. The Kier molecular flexibility index (Phi) is 3.44. The molecule has 0 saturated carbocycles. The van der Waals surface area contributed by atoms with Gasteiger partial charge in [-0.2, -0.15) is 0 Å². The van der Waals surface area contributed by atoms with E-state index in [1.807, 2.05) is 48.5 Å². The molecule has 0 aliphatic rings. The van der Waals surface area contributed by atoms with E-state index in [4.69, 9.17) is 4.74 Å². The van der Waals surface area contributed by atoms with E-state index in [0.29, 0.717) is 0 Å². The zero-order valence-corrected chi connectivity index (χ0v) is 11.0. The molecule has 2 aromatic rings. The van der Waals surface area contributed by atoms with Gasteiger partial charge in [0.25, 0.3) is 0 Å². The summed E-state index contributed by atoms with van der Waals surface area (Å²) < 4.78 is 7.64. The number of rotatable bonds is 2. The molecule has 2 rings (SSSR count).